The first-order valence-electron chi connectivity index (χ1n) is 8.28. The van der Waals surface area contributed by atoms with Crippen LogP contribution < -0.4 is 9.80 Å². The van der Waals surface area contributed by atoms with Gasteiger partial charge < -0.3 is 9.80 Å². The molecule has 1 N–H and O–H groups in total. The van der Waals surface area contributed by atoms with Gasteiger partial charge in [-0.1, -0.05) is 28.9 Å². The van der Waals surface area contributed by atoms with Crippen LogP contribution in [0.2, 0.25) is 5.02 Å². The number of halogens is 1. The van der Waals surface area contributed by atoms with Gasteiger partial charge in [-0.2, -0.15) is 8.42 Å². The Bertz CT molecular complexity index is 1050. The van der Waals surface area contributed by atoms with E-state index in [1.54, 1.807) is 35.2 Å². The van der Waals surface area contributed by atoms with Crippen molar-refractivity contribution < 1.29 is 22.0 Å². The van der Waals surface area contributed by atoms with Crippen molar-refractivity contribution in [3.8, 4) is 0 Å². The minimum absolute atomic E-state index is 0.220. The molecule has 1 aliphatic heterocycles. The normalized spacial score (nSPS) is 15.3. The van der Waals surface area contributed by atoms with Crippen LogP contribution in [-0.2, 0) is 14.7 Å². The summed E-state index contributed by atoms with van der Waals surface area (Å²) in [5.74, 6) is -0.220. The highest BCUT2D eigenvalue weighted by molar-refractivity contribution is 7.80. The lowest BCUT2D eigenvalue weighted by atomic mass is 9.98. The Morgan fingerprint density at radius 3 is 2.64 bits per heavy atom. The lowest BCUT2D eigenvalue weighted by Gasteiger charge is -2.31. The molecule has 1 heterocycles. The van der Waals surface area contributed by atoms with Crippen molar-refractivity contribution in [2.75, 3.05) is 30.4 Å². The van der Waals surface area contributed by atoms with Crippen molar-refractivity contribution in [1.82, 2.24) is 0 Å². The molecular weight excluding hydrogens is 406 g/mol. The summed E-state index contributed by atoms with van der Waals surface area (Å²) >= 11 is 6.12. The number of hydrogen-bond donors (Lipinski definition) is 1. The van der Waals surface area contributed by atoms with Gasteiger partial charge in [0.2, 0.25) is 0 Å². The molecule has 0 radical (unpaired) electrons. The number of nitrogens with zero attached hydrogens (tertiary/aromatic N) is 3. The van der Waals surface area contributed by atoms with Gasteiger partial charge in [-0.25, -0.2) is 4.28 Å². The van der Waals surface area contributed by atoms with E-state index in [-0.39, 0.29) is 24.6 Å². The summed E-state index contributed by atoms with van der Waals surface area (Å²) in [5.41, 5.74) is 2.55. The smallest absolute Gasteiger partial charge is 0.377 e. The van der Waals surface area contributed by atoms with Gasteiger partial charge in [0.25, 0.3) is 5.91 Å². The molecule has 0 unspecified atom stereocenters. The molecule has 28 heavy (non-hydrogen) atoms. The van der Waals surface area contributed by atoms with Gasteiger partial charge in [0.05, 0.1) is 17.0 Å². The van der Waals surface area contributed by atoms with Gasteiger partial charge in [0.15, 0.2) is 0 Å². The fourth-order valence-electron chi connectivity index (χ4n) is 3.03. The van der Waals surface area contributed by atoms with Crippen molar-refractivity contribution in [2.45, 2.75) is 6.42 Å². The second-order valence-electron chi connectivity index (χ2n) is 6.32. The maximum absolute atomic E-state index is 13.3. The largest absolute Gasteiger partial charge is 0.466 e. The quantitative estimate of drug-likeness (QED) is 0.599. The predicted molar refractivity (Wildman–Crippen MR) is 108 cm³/mol. The molecule has 2 aromatic carbocycles. The minimum atomic E-state index is -4.72. The topological polar surface area (TPSA) is 99.5 Å². The first-order chi connectivity index (χ1) is 13.2. The summed E-state index contributed by atoms with van der Waals surface area (Å²) < 4.78 is 34.6. The fourth-order valence-corrected chi connectivity index (χ4v) is 3.38. The van der Waals surface area contributed by atoms with E-state index >= 15 is 0 Å². The summed E-state index contributed by atoms with van der Waals surface area (Å²) in [6, 6.07) is 12.1. The van der Waals surface area contributed by atoms with E-state index in [4.69, 9.17) is 16.2 Å². The summed E-state index contributed by atoms with van der Waals surface area (Å²) in [7, 11) is -1.02. The van der Waals surface area contributed by atoms with Gasteiger partial charge in [-0.05, 0) is 30.3 Å². The second-order valence-corrected chi connectivity index (χ2v) is 7.76. The van der Waals surface area contributed by atoms with Crippen molar-refractivity contribution in [3.05, 3.63) is 58.6 Å². The molecule has 0 aromatic heterocycles. The number of anilines is 2. The molecule has 8 nitrogen and oxygen atoms in total. The van der Waals surface area contributed by atoms with Crippen LogP contribution in [0.15, 0.2) is 47.6 Å². The Balaban J connectivity index is 2.05. The lowest BCUT2D eigenvalue weighted by Crippen LogP contribution is -2.38. The summed E-state index contributed by atoms with van der Waals surface area (Å²) in [5, 5.41) is 3.94. The number of amides is 1. The van der Waals surface area contributed by atoms with Crippen LogP contribution >= 0.6 is 11.6 Å². The Morgan fingerprint density at radius 1 is 1.25 bits per heavy atom. The van der Waals surface area contributed by atoms with E-state index in [1.165, 1.54) is 0 Å². The van der Waals surface area contributed by atoms with Crippen molar-refractivity contribution in [2.24, 2.45) is 5.16 Å². The number of rotatable bonds is 4. The molecule has 0 fully saturated rings. The zero-order valence-electron chi connectivity index (χ0n) is 15.2. The monoisotopic (exact) mass is 423 g/mol. The van der Waals surface area contributed by atoms with Crippen LogP contribution in [0.1, 0.15) is 22.3 Å². The Labute approximate surface area is 167 Å². The number of carbonyl (C=O) groups excluding carboxylic acids is 1. The number of benzene rings is 2. The first-order valence-corrected chi connectivity index (χ1v) is 10.0. The van der Waals surface area contributed by atoms with Gasteiger partial charge in [-0.15, -0.1) is 0 Å². The molecule has 0 atom stereocenters. The Morgan fingerprint density at radius 2 is 1.96 bits per heavy atom. The number of para-hydroxylation sites is 1. The van der Waals surface area contributed by atoms with Gasteiger partial charge >= 0.3 is 10.4 Å². The predicted octanol–water partition coefficient (Wildman–Crippen LogP) is 2.98. The molecule has 0 saturated carbocycles. The zero-order valence-corrected chi connectivity index (χ0v) is 16.7. The second kappa shape index (κ2) is 7.78. The molecule has 0 aliphatic carbocycles. The first kappa shape index (κ1) is 20.1. The number of hydrogen-bond acceptors (Lipinski definition) is 6. The molecule has 1 amide bonds. The van der Waals surface area contributed by atoms with Crippen LogP contribution in [-0.4, -0.2) is 45.2 Å². The number of fused-ring (bicyclic) bond motifs is 1. The minimum Gasteiger partial charge on any atom is -0.377 e. The molecule has 10 heteroatoms. The van der Waals surface area contributed by atoms with E-state index in [9.17, 15) is 13.2 Å². The van der Waals surface area contributed by atoms with Gasteiger partial charge in [0.1, 0.15) is 0 Å². The van der Waals surface area contributed by atoms with Crippen molar-refractivity contribution >= 4 is 45.0 Å². The highest BCUT2D eigenvalue weighted by Gasteiger charge is 2.29. The van der Waals surface area contributed by atoms with E-state index in [0.717, 1.165) is 5.69 Å². The Kier molecular flexibility index (Phi) is 5.59. The molecule has 0 spiro atoms. The molecule has 2 aromatic rings. The molecule has 148 valence electrons. The molecular formula is C18H18ClN3O5S. The third kappa shape index (κ3) is 4.27. The molecule has 1 aliphatic rings. The maximum Gasteiger partial charge on any atom is 0.466 e. The van der Waals surface area contributed by atoms with Crippen LogP contribution in [0.5, 0.6) is 0 Å². The molecule has 0 saturated heterocycles. The zero-order chi connectivity index (χ0) is 20.5. The Hall–Kier alpha value is -2.62. The van der Waals surface area contributed by atoms with Crippen LogP contribution in [0.3, 0.4) is 0 Å². The average Bonchev–Trinajstić information content (AvgIpc) is 2.64. The van der Waals surface area contributed by atoms with E-state index < -0.39 is 10.4 Å². The van der Waals surface area contributed by atoms with E-state index in [1.807, 2.05) is 31.1 Å². The SMILES string of the molecule is CN(C)c1ccccc1C(=O)N1CCC(=NOS(=O)(=O)O)c2ccc(Cl)cc21. The van der Waals surface area contributed by atoms with E-state index in [0.29, 0.717) is 21.8 Å². The third-order valence-corrected chi connectivity index (χ3v) is 4.73. The lowest BCUT2D eigenvalue weighted by molar-refractivity contribution is 0.0987. The maximum atomic E-state index is 13.3. The third-order valence-electron chi connectivity index (χ3n) is 4.24. The fraction of sp³-hybridized carbons (Fsp3) is 0.222. The number of oxime groups is 1. The van der Waals surface area contributed by atoms with Gasteiger partial charge in [0, 0.05) is 43.3 Å². The summed E-state index contributed by atoms with van der Waals surface area (Å²) in [6.07, 6.45) is 0.236. The van der Waals surface area contributed by atoms with Crippen molar-refractivity contribution in [1.29, 1.82) is 0 Å². The van der Waals surface area contributed by atoms with E-state index in [2.05, 4.69) is 9.44 Å². The highest BCUT2D eigenvalue weighted by atomic mass is 35.5. The van der Waals surface area contributed by atoms with Crippen LogP contribution in [0.25, 0.3) is 0 Å². The molecule has 3 rings (SSSR count). The van der Waals surface area contributed by atoms with Crippen molar-refractivity contribution in [3.63, 3.8) is 0 Å². The van der Waals surface area contributed by atoms with Crippen LogP contribution in [0.4, 0.5) is 11.4 Å². The average molecular weight is 424 g/mol. The van der Waals surface area contributed by atoms with Gasteiger partial charge in [-0.3, -0.25) is 9.35 Å². The summed E-state index contributed by atoms with van der Waals surface area (Å²) in [6.45, 7) is 0.238. The number of carbonyl (C=O) groups is 1. The standard InChI is InChI=1S/C18H18ClN3O5S/c1-21(2)16-6-4-3-5-14(16)18(23)22-10-9-15(20-27-28(24,25)26)13-8-7-12(19)11-17(13)22/h3-8,11H,9-10H2,1-2H3,(H,24,25,26). The van der Waals surface area contributed by atoms with Crippen LogP contribution in [0, 0.1) is 0 Å². The summed E-state index contributed by atoms with van der Waals surface area (Å²) in [4.78, 5) is 16.7. The molecule has 0 bridgehead atoms. The highest BCUT2D eigenvalue weighted by Crippen LogP contribution is 2.33.